The highest BCUT2D eigenvalue weighted by Gasteiger charge is 2.23. The molecule has 0 aliphatic carbocycles. The van der Waals surface area contributed by atoms with Crippen LogP contribution in [-0.4, -0.2) is 17.3 Å². The van der Waals surface area contributed by atoms with Crippen LogP contribution in [0.25, 0.3) is 0 Å². The summed E-state index contributed by atoms with van der Waals surface area (Å²) in [6, 6.07) is 0. The lowest BCUT2D eigenvalue weighted by Gasteiger charge is -2.01. The van der Waals surface area contributed by atoms with Crippen molar-refractivity contribution in [2.45, 2.75) is 20.3 Å². The number of hydrogen-bond donors (Lipinski definition) is 0. The molecule has 1 atom stereocenters. The molecule has 1 aliphatic heterocycles. The average molecular weight is 170 g/mol. The summed E-state index contributed by atoms with van der Waals surface area (Å²) in [5, 5.41) is 0. The van der Waals surface area contributed by atoms with E-state index in [0.717, 1.165) is 17.9 Å². The molecule has 1 rings (SSSR count). The number of ketones is 1. The summed E-state index contributed by atoms with van der Waals surface area (Å²) >= 11 is 1.76. The van der Waals surface area contributed by atoms with Crippen molar-refractivity contribution in [1.82, 2.24) is 0 Å². The number of hydrogen-bond acceptors (Lipinski definition) is 2. The van der Waals surface area contributed by atoms with Gasteiger partial charge in [-0.25, -0.2) is 0 Å². The lowest BCUT2D eigenvalue weighted by atomic mass is 10.0. The van der Waals surface area contributed by atoms with Crippen LogP contribution < -0.4 is 0 Å². The Hall–Kier alpha value is -0.240. The largest absolute Gasteiger partial charge is 0.298 e. The number of carbonyl (C=O) groups is 1. The van der Waals surface area contributed by atoms with E-state index in [0.29, 0.717) is 11.7 Å². The second kappa shape index (κ2) is 3.96. The van der Waals surface area contributed by atoms with Gasteiger partial charge in [0, 0.05) is 11.7 Å². The van der Waals surface area contributed by atoms with Crippen LogP contribution in [0.1, 0.15) is 20.3 Å². The number of thioether (sulfide) groups is 1. The van der Waals surface area contributed by atoms with Crippen molar-refractivity contribution in [2.24, 2.45) is 5.92 Å². The van der Waals surface area contributed by atoms with Crippen LogP contribution in [0.3, 0.4) is 0 Å². The normalized spacial score (nSPS) is 23.8. The molecule has 2 heteroatoms. The molecule has 0 aromatic heterocycles. The summed E-state index contributed by atoms with van der Waals surface area (Å²) in [6.07, 6.45) is 3.11. The number of Topliss-reactive ketones (excluding diaryl/α,β-unsaturated/α-hetero) is 1. The van der Waals surface area contributed by atoms with E-state index in [2.05, 4.69) is 19.9 Å². The maximum absolute atomic E-state index is 11.1. The first-order valence-corrected chi connectivity index (χ1v) is 5.09. The first-order valence-electron chi connectivity index (χ1n) is 3.94. The highest BCUT2D eigenvalue weighted by Crippen LogP contribution is 2.23. The molecule has 0 bridgehead atoms. The van der Waals surface area contributed by atoms with Crippen LogP contribution in [0.2, 0.25) is 0 Å². The Kier molecular flexibility index (Phi) is 3.18. The van der Waals surface area contributed by atoms with E-state index in [1.165, 1.54) is 5.57 Å². The lowest BCUT2D eigenvalue weighted by molar-refractivity contribution is -0.119. The molecule has 0 N–H and O–H groups in total. The van der Waals surface area contributed by atoms with E-state index in [1.807, 2.05) is 0 Å². The molecule has 1 nitrogen and oxygen atoms in total. The molecule has 0 aromatic carbocycles. The minimum Gasteiger partial charge on any atom is -0.298 e. The van der Waals surface area contributed by atoms with Gasteiger partial charge in [0.15, 0.2) is 0 Å². The summed E-state index contributed by atoms with van der Waals surface area (Å²) in [5.41, 5.74) is 1.31. The van der Waals surface area contributed by atoms with Crippen LogP contribution in [0.4, 0.5) is 0 Å². The van der Waals surface area contributed by atoms with Crippen molar-refractivity contribution in [1.29, 1.82) is 0 Å². The second-order valence-electron chi connectivity index (χ2n) is 3.20. The van der Waals surface area contributed by atoms with Crippen molar-refractivity contribution >= 4 is 17.5 Å². The Morgan fingerprint density at radius 1 is 1.73 bits per heavy atom. The molecule has 1 aliphatic rings. The summed E-state index contributed by atoms with van der Waals surface area (Å²) in [6.45, 7) is 4.15. The third-order valence-corrected chi connectivity index (χ3v) is 2.96. The van der Waals surface area contributed by atoms with E-state index in [-0.39, 0.29) is 0 Å². The van der Waals surface area contributed by atoms with Gasteiger partial charge in [0.05, 0.1) is 5.75 Å². The van der Waals surface area contributed by atoms with Crippen molar-refractivity contribution in [3.8, 4) is 0 Å². The SMILES string of the molecule is CC(C)=CCC1CSCC1=O. The number of carbonyl (C=O) groups excluding carboxylic acids is 1. The zero-order chi connectivity index (χ0) is 8.27. The second-order valence-corrected chi connectivity index (χ2v) is 4.23. The number of allylic oxidation sites excluding steroid dienone is 2. The molecule has 1 unspecified atom stereocenters. The standard InChI is InChI=1S/C9H14OS/c1-7(2)3-4-8-5-11-6-9(8)10/h3,8H,4-6H2,1-2H3. The van der Waals surface area contributed by atoms with Gasteiger partial charge in [-0.3, -0.25) is 4.79 Å². The van der Waals surface area contributed by atoms with E-state index in [9.17, 15) is 4.79 Å². The topological polar surface area (TPSA) is 17.1 Å². The van der Waals surface area contributed by atoms with Gasteiger partial charge in [0.2, 0.25) is 0 Å². The third-order valence-electron chi connectivity index (χ3n) is 1.83. The molecule has 62 valence electrons. The van der Waals surface area contributed by atoms with Crippen molar-refractivity contribution in [3.05, 3.63) is 11.6 Å². The van der Waals surface area contributed by atoms with Crippen LogP contribution >= 0.6 is 11.8 Å². The molecule has 0 amide bonds. The molecule has 1 fully saturated rings. The molecular weight excluding hydrogens is 156 g/mol. The van der Waals surface area contributed by atoms with Gasteiger partial charge in [0.1, 0.15) is 5.78 Å². The highest BCUT2D eigenvalue weighted by molar-refractivity contribution is 8.00. The van der Waals surface area contributed by atoms with Gasteiger partial charge in [-0.05, 0) is 20.3 Å². The minimum atomic E-state index is 0.315. The summed E-state index contributed by atoms with van der Waals surface area (Å²) in [4.78, 5) is 11.1. The third kappa shape index (κ3) is 2.70. The fraction of sp³-hybridized carbons (Fsp3) is 0.667. The minimum absolute atomic E-state index is 0.315. The molecular formula is C9H14OS. The zero-order valence-electron chi connectivity index (χ0n) is 7.09. The molecule has 0 saturated carbocycles. The summed E-state index contributed by atoms with van der Waals surface area (Å²) in [5.74, 6) is 2.52. The zero-order valence-corrected chi connectivity index (χ0v) is 7.91. The van der Waals surface area contributed by atoms with Crippen molar-refractivity contribution < 1.29 is 4.79 Å². The van der Waals surface area contributed by atoms with E-state index in [1.54, 1.807) is 11.8 Å². The highest BCUT2D eigenvalue weighted by atomic mass is 32.2. The van der Waals surface area contributed by atoms with E-state index >= 15 is 0 Å². The van der Waals surface area contributed by atoms with Crippen LogP contribution in [0, 0.1) is 5.92 Å². The first kappa shape index (κ1) is 8.85. The maximum Gasteiger partial charge on any atom is 0.146 e. The molecule has 0 spiro atoms. The molecule has 11 heavy (non-hydrogen) atoms. The average Bonchev–Trinajstić information content (AvgIpc) is 2.31. The van der Waals surface area contributed by atoms with E-state index in [4.69, 9.17) is 0 Å². The number of rotatable bonds is 2. The molecule has 0 radical (unpaired) electrons. The Bertz CT molecular complexity index is 180. The fourth-order valence-corrected chi connectivity index (χ4v) is 2.25. The monoisotopic (exact) mass is 170 g/mol. The maximum atomic E-state index is 11.1. The molecule has 1 saturated heterocycles. The predicted molar refractivity (Wildman–Crippen MR) is 49.9 cm³/mol. The smallest absolute Gasteiger partial charge is 0.146 e. The first-order chi connectivity index (χ1) is 5.20. The van der Waals surface area contributed by atoms with Crippen LogP contribution in [0.5, 0.6) is 0 Å². The Balaban J connectivity index is 2.37. The quantitative estimate of drug-likeness (QED) is 0.591. The molecule has 1 heterocycles. The summed E-state index contributed by atoms with van der Waals surface area (Å²) in [7, 11) is 0. The van der Waals surface area contributed by atoms with Crippen molar-refractivity contribution in [2.75, 3.05) is 11.5 Å². The van der Waals surface area contributed by atoms with Crippen molar-refractivity contribution in [3.63, 3.8) is 0 Å². The van der Waals surface area contributed by atoms with Gasteiger partial charge in [-0.15, -0.1) is 0 Å². The Morgan fingerprint density at radius 3 is 2.91 bits per heavy atom. The van der Waals surface area contributed by atoms with Crippen LogP contribution in [-0.2, 0) is 4.79 Å². The fourth-order valence-electron chi connectivity index (χ4n) is 1.09. The van der Waals surface area contributed by atoms with Gasteiger partial charge in [-0.1, -0.05) is 11.6 Å². The van der Waals surface area contributed by atoms with E-state index < -0.39 is 0 Å². The Labute approximate surface area is 72.2 Å². The van der Waals surface area contributed by atoms with Gasteiger partial charge < -0.3 is 0 Å². The lowest BCUT2D eigenvalue weighted by Crippen LogP contribution is -2.09. The van der Waals surface area contributed by atoms with Gasteiger partial charge in [0.25, 0.3) is 0 Å². The predicted octanol–water partition coefficient (Wildman–Crippen LogP) is 2.27. The molecule has 0 aromatic rings. The van der Waals surface area contributed by atoms with Gasteiger partial charge in [-0.2, -0.15) is 11.8 Å². The van der Waals surface area contributed by atoms with Crippen LogP contribution in [0.15, 0.2) is 11.6 Å². The summed E-state index contributed by atoms with van der Waals surface area (Å²) < 4.78 is 0. The Morgan fingerprint density at radius 2 is 2.45 bits per heavy atom. The van der Waals surface area contributed by atoms with Gasteiger partial charge >= 0.3 is 0 Å².